The molecule has 2 heterocycles. The average molecular weight is 292 g/mol. The number of ether oxygens (including phenoxy) is 1. The second-order valence-electron chi connectivity index (χ2n) is 5.61. The third-order valence-corrected chi connectivity index (χ3v) is 5.54. The Morgan fingerprint density at radius 3 is 2.80 bits per heavy atom. The number of hydrogen-bond donors (Lipinski definition) is 1. The van der Waals surface area contributed by atoms with E-state index in [1.165, 1.54) is 12.8 Å². The molecule has 2 atom stereocenters. The number of rotatable bonds is 2. The van der Waals surface area contributed by atoms with Crippen LogP contribution in [0.3, 0.4) is 0 Å². The van der Waals surface area contributed by atoms with Crippen LogP contribution < -0.4 is 4.72 Å². The highest BCUT2D eigenvalue weighted by atomic mass is 32.2. The van der Waals surface area contributed by atoms with Crippen molar-refractivity contribution >= 4 is 15.9 Å². The standard InChI is InChI=1S/C14H16N2O3S/c17-20(18)12-4-2-1-3-10(12)14(16-20)15-11-7-8-19-13(11)9-5-6-9/h1-4,9,11,13H,5-8H2,(H,15,16). The SMILES string of the molecule is O=S1(=O)NC(=NC2CCOC2C2CC2)c2ccccc21. The summed E-state index contributed by atoms with van der Waals surface area (Å²) in [6.45, 7) is 0.719. The van der Waals surface area contributed by atoms with E-state index in [4.69, 9.17) is 4.74 Å². The smallest absolute Gasteiger partial charge is 0.263 e. The highest BCUT2D eigenvalue weighted by Gasteiger charge is 2.41. The van der Waals surface area contributed by atoms with Gasteiger partial charge in [0.2, 0.25) is 0 Å². The predicted molar refractivity (Wildman–Crippen MR) is 74.2 cm³/mol. The van der Waals surface area contributed by atoms with Gasteiger partial charge >= 0.3 is 0 Å². The van der Waals surface area contributed by atoms with Crippen molar-refractivity contribution in [3.8, 4) is 0 Å². The first-order chi connectivity index (χ1) is 9.65. The maximum atomic E-state index is 12.0. The normalized spacial score (nSPS) is 33.1. The predicted octanol–water partition coefficient (Wildman–Crippen LogP) is 1.29. The second kappa shape index (κ2) is 4.30. The summed E-state index contributed by atoms with van der Waals surface area (Å²) in [5.41, 5.74) is 0.675. The molecule has 1 saturated carbocycles. The van der Waals surface area contributed by atoms with Gasteiger partial charge in [0, 0.05) is 12.2 Å². The van der Waals surface area contributed by atoms with Crippen LogP contribution in [0.2, 0.25) is 0 Å². The summed E-state index contributed by atoms with van der Waals surface area (Å²) >= 11 is 0. The molecule has 1 aromatic rings. The number of hydrogen-bond acceptors (Lipinski definition) is 4. The summed E-state index contributed by atoms with van der Waals surface area (Å²) in [6, 6.07) is 7.05. The molecule has 20 heavy (non-hydrogen) atoms. The monoisotopic (exact) mass is 292 g/mol. The minimum Gasteiger partial charge on any atom is -0.376 e. The lowest BCUT2D eigenvalue weighted by Gasteiger charge is -2.14. The van der Waals surface area contributed by atoms with Crippen molar-refractivity contribution in [2.24, 2.45) is 10.9 Å². The van der Waals surface area contributed by atoms with Gasteiger partial charge in [0.1, 0.15) is 5.84 Å². The van der Waals surface area contributed by atoms with Crippen LogP contribution in [0, 0.1) is 5.92 Å². The van der Waals surface area contributed by atoms with E-state index < -0.39 is 10.0 Å². The van der Waals surface area contributed by atoms with Crippen LogP contribution in [0.1, 0.15) is 24.8 Å². The summed E-state index contributed by atoms with van der Waals surface area (Å²) in [4.78, 5) is 4.98. The highest BCUT2D eigenvalue weighted by molar-refractivity contribution is 7.90. The minimum absolute atomic E-state index is 0.0753. The summed E-state index contributed by atoms with van der Waals surface area (Å²) < 4.78 is 32.4. The molecule has 1 saturated heterocycles. The van der Waals surface area contributed by atoms with Gasteiger partial charge in [0.25, 0.3) is 10.0 Å². The van der Waals surface area contributed by atoms with Crippen LogP contribution in [0.5, 0.6) is 0 Å². The van der Waals surface area contributed by atoms with Gasteiger partial charge in [-0.15, -0.1) is 0 Å². The molecule has 3 aliphatic rings. The molecule has 0 aromatic heterocycles. The van der Waals surface area contributed by atoms with Gasteiger partial charge in [-0.1, -0.05) is 12.1 Å². The van der Waals surface area contributed by atoms with Crippen molar-refractivity contribution in [3.05, 3.63) is 29.8 Å². The molecular weight excluding hydrogens is 276 g/mol. The Bertz CT molecular complexity index is 679. The Labute approximate surface area is 118 Å². The summed E-state index contributed by atoms with van der Waals surface area (Å²) in [5, 5.41) is 0. The lowest BCUT2D eigenvalue weighted by atomic mass is 10.1. The zero-order chi connectivity index (χ0) is 13.7. The molecule has 0 spiro atoms. The summed E-state index contributed by atoms with van der Waals surface area (Å²) in [6.07, 6.45) is 3.44. The van der Waals surface area contributed by atoms with E-state index >= 15 is 0 Å². The Morgan fingerprint density at radius 2 is 2.00 bits per heavy atom. The third kappa shape index (κ3) is 1.94. The maximum absolute atomic E-state index is 12.0. The molecule has 1 aromatic carbocycles. The Kier molecular flexibility index (Phi) is 2.65. The summed E-state index contributed by atoms with van der Waals surface area (Å²) in [5.74, 6) is 1.09. The fourth-order valence-corrected chi connectivity index (χ4v) is 4.25. The number of fused-ring (bicyclic) bond motifs is 1. The van der Waals surface area contributed by atoms with Crippen molar-refractivity contribution in [2.75, 3.05) is 6.61 Å². The van der Waals surface area contributed by atoms with Crippen LogP contribution in [-0.4, -0.2) is 33.0 Å². The third-order valence-electron chi connectivity index (χ3n) is 4.15. The van der Waals surface area contributed by atoms with Gasteiger partial charge in [-0.3, -0.25) is 9.71 Å². The Morgan fingerprint density at radius 1 is 1.20 bits per heavy atom. The lowest BCUT2D eigenvalue weighted by molar-refractivity contribution is 0.0875. The van der Waals surface area contributed by atoms with E-state index in [1.807, 2.05) is 6.07 Å². The zero-order valence-electron chi connectivity index (χ0n) is 11.0. The van der Waals surface area contributed by atoms with Gasteiger partial charge in [-0.25, -0.2) is 8.42 Å². The molecule has 0 radical (unpaired) electrons. The quantitative estimate of drug-likeness (QED) is 0.893. The average Bonchev–Trinajstić information content (AvgIpc) is 3.12. The molecule has 2 aliphatic heterocycles. The molecule has 4 rings (SSSR count). The molecule has 2 fully saturated rings. The lowest BCUT2D eigenvalue weighted by Crippen LogP contribution is -2.28. The Balaban J connectivity index is 1.71. The van der Waals surface area contributed by atoms with Gasteiger partial charge in [0.05, 0.1) is 17.0 Å². The van der Waals surface area contributed by atoms with E-state index in [0.717, 1.165) is 13.0 Å². The highest BCUT2D eigenvalue weighted by Crippen LogP contribution is 2.40. The van der Waals surface area contributed by atoms with Crippen molar-refractivity contribution < 1.29 is 13.2 Å². The fourth-order valence-electron chi connectivity index (χ4n) is 3.01. The van der Waals surface area contributed by atoms with Crippen molar-refractivity contribution in [1.29, 1.82) is 0 Å². The van der Waals surface area contributed by atoms with E-state index in [2.05, 4.69) is 9.71 Å². The van der Waals surface area contributed by atoms with Gasteiger partial charge in [-0.2, -0.15) is 0 Å². The van der Waals surface area contributed by atoms with Gasteiger partial charge < -0.3 is 4.74 Å². The van der Waals surface area contributed by atoms with E-state index in [0.29, 0.717) is 22.2 Å². The second-order valence-corrected chi connectivity index (χ2v) is 7.26. The van der Waals surface area contributed by atoms with Crippen molar-refractivity contribution in [3.63, 3.8) is 0 Å². The fraction of sp³-hybridized carbons (Fsp3) is 0.500. The molecule has 6 heteroatoms. The van der Waals surface area contributed by atoms with Crippen molar-refractivity contribution in [2.45, 2.75) is 36.3 Å². The van der Waals surface area contributed by atoms with Crippen LogP contribution in [0.25, 0.3) is 0 Å². The first kappa shape index (κ1) is 12.3. The van der Waals surface area contributed by atoms with Crippen LogP contribution >= 0.6 is 0 Å². The van der Waals surface area contributed by atoms with Gasteiger partial charge in [-0.05, 0) is 37.3 Å². The Hall–Kier alpha value is -1.40. The molecule has 0 bridgehead atoms. The van der Waals surface area contributed by atoms with E-state index in [1.54, 1.807) is 18.2 Å². The minimum atomic E-state index is -3.44. The van der Waals surface area contributed by atoms with Gasteiger partial charge in [0.15, 0.2) is 0 Å². The molecule has 5 nitrogen and oxygen atoms in total. The largest absolute Gasteiger partial charge is 0.376 e. The maximum Gasteiger partial charge on any atom is 0.263 e. The number of aliphatic imine (C=N–C) groups is 1. The first-order valence-corrected chi connectivity index (χ1v) is 8.45. The van der Waals surface area contributed by atoms with Crippen molar-refractivity contribution in [1.82, 2.24) is 4.72 Å². The van der Waals surface area contributed by atoms with Crippen LogP contribution in [0.15, 0.2) is 34.2 Å². The van der Waals surface area contributed by atoms with Crippen LogP contribution in [-0.2, 0) is 14.8 Å². The molecule has 0 amide bonds. The zero-order valence-corrected chi connectivity index (χ0v) is 11.8. The van der Waals surface area contributed by atoms with E-state index in [-0.39, 0.29) is 12.1 Å². The molecule has 2 unspecified atom stereocenters. The molecule has 106 valence electrons. The van der Waals surface area contributed by atoms with Crippen LogP contribution in [0.4, 0.5) is 0 Å². The first-order valence-electron chi connectivity index (χ1n) is 6.97. The number of nitrogens with one attached hydrogen (secondary N) is 1. The molecule has 1 N–H and O–H groups in total. The number of nitrogens with zero attached hydrogens (tertiary/aromatic N) is 1. The molecular formula is C14H16N2O3S. The number of benzene rings is 1. The summed E-state index contributed by atoms with van der Waals surface area (Å²) in [7, 11) is -3.44. The number of amidine groups is 1. The van der Waals surface area contributed by atoms with E-state index in [9.17, 15) is 8.42 Å². The molecule has 1 aliphatic carbocycles. The number of sulfonamides is 1. The topological polar surface area (TPSA) is 67.8 Å².